The Morgan fingerprint density at radius 1 is 1.19 bits per heavy atom. The summed E-state index contributed by atoms with van der Waals surface area (Å²) in [5, 5.41) is 3.16. The van der Waals surface area contributed by atoms with Gasteiger partial charge in [-0.05, 0) is 19.8 Å². The van der Waals surface area contributed by atoms with Crippen LogP contribution in [0.2, 0.25) is 0 Å². The molecule has 2 aliphatic rings. The Morgan fingerprint density at radius 2 is 1.81 bits per heavy atom. The van der Waals surface area contributed by atoms with E-state index in [9.17, 15) is 8.42 Å². The van der Waals surface area contributed by atoms with Gasteiger partial charge in [0.25, 0.3) is 10.2 Å². The number of nitrogens with zero attached hydrogens (tertiary/aromatic N) is 2. The normalized spacial score (nSPS) is 28.9. The highest BCUT2D eigenvalue weighted by atomic mass is 35.5. The molecule has 2 saturated heterocycles. The number of hydrogen-bond acceptors (Lipinski definition) is 3. The van der Waals surface area contributed by atoms with Crippen molar-refractivity contribution in [2.45, 2.75) is 25.8 Å². The lowest BCUT2D eigenvalue weighted by molar-refractivity contribution is 0.309. The maximum atomic E-state index is 12.2. The average molecular weight is 270 g/mol. The molecule has 0 saturated carbocycles. The molecule has 2 aliphatic heterocycles. The van der Waals surface area contributed by atoms with Crippen LogP contribution in [0.3, 0.4) is 0 Å². The van der Waals surface area contributed by atoms with Crippen LogP contribution in [0.25, 0.3) is 0 Å². The Kier molecular flexibility index (Phi) is 5.00. The first-order valence-corrected chi connectivity index (χ1v) is 7.00. The third kappa shape index (κ3) is 2.68. The van der Waals surface area contributed by atoms with Crippen LogP contribution >= 0.6 is 12.4 Å². The van der Waals surface area contributed by atoms with E-state index in [1.807, 2.05) is 6.92 Å². The van der Waals surface area contributed by atoms with Crippen LogP contribution in [0.5, 0.6) is 0 Å². The molecule has 0 amide bonds. The van der Waals surface area contributed by atoms with Crippen molar-refractivity contribution < 1.29 is 8.42 Å². The minimum atomic E-state index is -3.18. The molecule has 2 rings (SSSR count). The zero-order valence-corrected chi connectivity index (χ0v) is 11.2. The van der Waals surface area contributed by atoms with Crippen LogP contribution in [0, 0.1) is 0 Å². The van der Waals surface area contributed by atoms with Gasteiger partial charge in [-0.1, -0.05) is 0 Å². The molecule has 0 aromatic rings. The predicted molar refractivity (Wildman–Crippen MR) is 66.0 cm³/mol. The fourth-order valence-corrected chi connectivity index (χ4v) is 4.13. The predicted octanol–water partition coefficient (Wildman–Crippen LogP) is 0.0425. The van der Waals surface area contributed by atoms with E-state index >= 15 is 0 Å². The molecule has 1 atom stereocenters. The second-order valence-corrected chi connectivity index (χ2v) is 6.14. The Labute approximate surface area is 104 Å². The van der Waals surface area contributed by atoms with Crippen molar-refractivity contribution in [1.82, 2.24) is 13.9 Å². The highest BCUT2D eigenvalue weighted by Gasteiger charge is 2.36. The first-order valence-electron chi connectivity index (χ1n) is 5.60. The van der Waals surface area contributed by atoms with Gasteiger partial charge in [-0.3, -0.25) is 0 Å². The van der Waals surface area contributed by atoms with Crippen molar-refractivity contribution in [2.75, 3.05) is 32.7 Å². The number of nitrogens with one attached hydrogen (secondary N) is 1. The summed E-state index contributed by atoms with van der Waals surface area (Å²) in [6.07, 6.45) is 1.98. The Morgan fingerprint density at radius 3 is 2.31 bits per heavy atom. The van der Waals surface area contributed by atoms with Gasteiger partial charge in [0.2, 0.25) is 0 Å². The van der Waals surface area contributed by atoms with Gasteiger partial charge in [-0.25, -0.2) is 0 Å². The third-order valence-electron chi connectivity index (χ3n) is 3.19. The molecule has 0 spiro atoms. The van der Waals surface area contributed by atoms with Gasteiger partial charge >= 0.3 is 0 Å². The van der Waals surface area contributed by atoms with Crippen molar-refractivity contribution in [3.63, 3.8) is 0 Å². The summed E-state index contributed by atoms with van der Waals surface area (Å²) in [6, 6.07) is 0.171. The molecular formula is C9H20ClN3O2S. The van der Waals surface area contributed by atoms with E-state index in [1.54, 1.807) is 8.61 Å². The number of hydrogen-bond donors (Lipinski definition) is 1. The molecular weight excluding hydrogens is 250 g/mol. The fraction of sp³-hybridized carbons (Fsp3) is 1.00. The molecule has 96 valence electrons. The molecule has 0 radical (unpaired) electrons. The molecule has 0 aromatic carbocycles. The van der Waals surface area contributed by atoms with Gasteiger partial charge < -0.3 is 5.32 Å². The average Bonchev–Trinajstić information content (AvgIpc) is 2.66. The van der Waals surface area contributed by atoms with E-state index < -0.39 is 10.2 Å². The number of piperazine rings is 1. The molecule has 1 unspecified atom stereocenters. The van der Waals surface area contributed by atoms with Gasteiger partial charge in [-0.15, -0.1) is 12.4 Å². The second kappa shape index (κ2) is 5.64. The summed E-state index contributed by atoms with van der Waals surface area (Å²) in [4.78, 5) is 0. The molecule has 0 bridgehead atoms. The topological polar surface area (TPSA) is 52.7 Å². The van der Waals surface area contributed by atoms with Gasteiger partial charge in [0.15, 0.2) is 0 Å². The van der Waals surface area contributed by atoms with E-state index in [4.69, 9.17) is 0 Å². The summed E-state index contributed by atoms with van der Waals surface area (Å²) in [5.41, 5.74) is 0. The van der Waals surface area contributed by atoms with Gasteiger partial charge in [-0.2, -0.15) is 17.0 Å². The number of halogens is 1. The summed E-state index contributed by atoms with van der Waals surface area (Å²) < 4.78 is 27.7. The summed E-state index contributed by atoms with van der Waals surface area (Å²) >= 11 is 0. The molecule has 0 aliphatic carbocycles. The molecule has 7 heteroatoms. The van der Waals surface area contributed by atoms with E-state index in [-0.39, 0.29) is 18.4 Å². The van der Waals surface area contributed by atoms with Crippen LogP contribution in [-0.2, 0) is 10.2 Å². The van der Waals surface area contributed by atoms with Crippen LogP contribution in [-0.4, -0.2) is 55.8 Å². The maximum Gasteiger partial charge on any atom is 0.282 e. The van der Waals surface area contributed by atoms with Crippen molar-refractivity contribution >= 4 is 22.6 Å². The first kappa shape index (κ1) is 14.2. The molecule has 2 fully saturated rings. The van der Waals surface area contributed by atoms with Crippen LogP contribution in [0.1, 0.15) is 19.8 Å². The van der Waals surface area contributed by atoms with Gasteiger partial charge in [0.1, 0.15) is 0 Å². The Balaban J connectivity index is 0.00000128. The minimum Gasteiger partial charge on any atom is -0.314 e. The first-order chi connectivity index (χ1) is 7.12. The minimum absolute atomic E-state index is 0. The van der Waals surface area contributed by atoms with Crippen LogP contribution in [0.4, 0.5) is 0 Å². The maximum absolute atomic E-state index is 12.2. The largest absolute Gasteiger partial charge is 0.314 e. The Hall–Kier alpha value is 0.120. The second-order valence-electron chi connectivity index (χ2n) is 4.26. The molecule has 5 nitrogen and oxygen atoms in total. The lowest BCUT2D eigenvalue weighted by Crippen LogP contribution is -2.52. The summed E-state index contributed by atoms with van der Waals surface area (Å²) in [6.45, 7) is 5.42. The van der Waals surface area contributed by atoms with Gasteiger partial charge in [0.05, 0.1) is 0 Å². The smallest absolute Gasteiger partial charge is 0.282 e. The zero-order valence-electron chi connectivity index (χ0n) is 9.55. The van der Waals surface area contributed by atoms with Crippen LogP contribution < -0.4 is 5.32 Å². The lowest BCUT2D eigenvalue weighted by Gasteiger charge is -2.32. The van der Waals surface area contributed by atoms with Crippen molar-refractivity contribution in [3.8, 4) is 0 Å². The van der Waals surface area contributed by atoms with Crippen LogP contribution in [0.15, 0.2) is 0 Å². The molecule has 16 heavy (non-hydrogen) atoms. The molecule has 1 N–H and O–H groups in total. The summed E-state index contributed by atoms with van der Waals surface area (Å²) in [5.74, 6) is 0. The van der Waals surface area contributed by atoms with E-state index in [2.05, 4.69) is 5.32 Å². The standard InChI is InChI=1S/C9H19N3O2S.ClH/c1-9-3-2-6-12(9)15(13,14)11-7-4-10-5-8-11;/h9-10H,2-8H2,1H3;1H. The molecule has 0 aromatic heterocycles. The highest BCUT2D eigenvalue weighted by Crippen LogP contribution is 2.22. The van der Waals surface area contributed by atoms with Crippen molar-refractivity contribution in [3.05, 3.63) is 0 Å². The fourth-order valence-electron chi connectivity index (χ4n) is 2.27. The van der Waals surface area contributed by atoms with Gasteiger partial charge in [0, 0.05) is 38.8 Å². The van der Waals surface area contributed by atoms with E-state index in [1.165, 1.54) is 0 Å². The SMILES string of the molecule is CC1CCCN1S(=O)(=O)N1CCNCC1.Cl. The highest BCUT2D eigenvalue weighted by molar-refractivity contribution is 7.86. The van der Waals surface area contributed by atoms with E-state index in [0.29, 0.717) is 19.6 Å². The zero-order chi connectivity index (χ0) is 10.9. The quantitative estimate of drug-likeness (QED) is 0.770. The Bertz CT molecular complexity index is 317. The lowest BCUT2D eigenvalue weighted by atomic mass is 10.3. The van der Waals surface area contributed by atoms with Crippen molar-refractivity contribution in [2.24, 2.45) is 0 Å². The monoisotopic (exact) mass is 269 g/mol. The van der Waals surface area contributed by atoms with Crippen molar-refractivity contribution in [1.29, 1.82) is 0 Å². The third-order valence-corrected chi connectivity index (χ3v) is 5.34. The number of rotatable bonds is 2. The summed E-state index contributed by atoms with van der Waals surface area (Å²) in [7, 11) is -3.18. The van der Waals surface area contributed by atoms with E-state index in [0.717, 1.165) is 25.9 Å². The molecule has 2 heterocycles.